The van der Waals surface area contributed by atoms with Crippen LogP contribution in [0.3, 0.4) is 0 Å². The zero-order valence-corrected chi connectivity index (χ0v) is 10.5. The lowest BCUT2D eigenvalue weighted by molar-refractivity contribution is 0.332. The molecule has 0 aliphatic heterocycles. The molecule has 0 aromatic carbocycles. The van der Waals surface area contributed by atoms with Crippen molar-refractivity contribution < 1.29 is 13.7 Å². The van der Waals surface area contributed by atoms with Crippen LogP contribution in [0.1, 0.15) is 0 Å². The van der Waals surface area contributed by atoms with Crippen LogP contribution in [0.4, 0.5) is 0 Å². The van der Waals surface area contributed by atoms with Crippen molar-refractivity contribution in [3.63, 3.8) is 0 Å². The molecule has 0 fully saturated rings. The normalized spacial score (nSPS) is 11.8. The van der Waals surface area contributed by atoms with E-state index in [4.69, 9.17) is 11.5 Å². The first-order valence-electron chi connectivity index (χ1n) is 3.76. The molecular formula is C6H20N2O3P2. The Balaban J connectivity index is 0. The van der Waals surface area contributed by atoms with Gasteiger partial charge in [0, 0.05) is 19.6 Å². The van der Waals surface area contributed by atoms with Gasteiger partial charge < -0.3 is 20.6 Å². The van der Waals surface area contributed by atoms with Crippen LogP contribution in [0.5, 0.6) is 0 Å². The number of hydrogen-bond acceptors (Lipinski definition) is 5. The maximum atomic E-state index is 10.5. The van der Waals surface area contributed by atoms with Crippen LogP contribution >= 0.6 is 14.5 Å². The number of nitrogens with two attached hydrogens (primary N) is 2. The van der Waals surface area contributed by atoms with Gasteiger partial charge in [0.15, 0.2) is 7.37 Å². The summed E-state index contributed by atoms with van der Waals surface area (Å²) in [6.45, 7) is 6.45. The summed E-state index contributed by atoms with van der Waals surface area (Å²) in [5.74, 6) is 0. The zero-order valence-electron chi connectivity index (χ0n) is 8.69. The second kappa shape index (κ2) is 6.74. The van der Waals surface area contributed by atoms with Crippen molar-refractivity contribution in [3.8, 4) is 0 Å². The Morgan fingerprint density at radius 3 is 1.38 bits per heavy atom. The van der Waals surface area contributed by atoms with Crippen LogP contribution in [0, 0.1) is 0 Å². The lowest BCUT2D eigenvalue weighted by Crippen LogP contribution is -2.00. The topological polar surface area (TPSA) is 95.4 Å². The summed E-state index contributed by atoms with van der Waals surface area (Å²) in [6, 6.07) is 0. The summed E-state index contributed by atoms with van der Waals surface area (Å²) in [4.78, 5) is 0. The molecule has 0 aliphatic carbocycles. The SMILES string of the molecule is CP(C)(=O)CN.CP(C)(=O)OCN. The molecule has 0 aliphatic rings. The van der Waals surface area contributed by atoms with E-state index >= 15 is 0 Å². The average molecular weight is 230 g/mol. The third kappa shape index (κ3) is 24.5. The quantitative estimate of drug-likeness (QED) is 0.556. The molecule has 7 heteroatoms. The molecule has 13 heavy (non-hydrogen) atoms. The van der Waals surface area contributed by atoms with Crippen LogP contribution in [0.2, 0.25) is 0 Å². The highest BCUT2D eigenvalue weighted by molar-refractivity contribution is 7.62. The van der Waals surface area contributed by atoms with Crippen molar-refractivity contribution in [2.45, 2.75) is 0 Å². The Hall–Kier alpha value is 0.340. The van der Waals surface area contributed by atoms with Gasteiger partial charge >= 0.3 is 0 Å². The van der Waals surface area contributed by atoms with E-state index in [1.165, 1.54) is 13.3 Å². The second-order valence-electron chi connectivity index (χ2n) is 3.30. The van der Waals surface area contributed by atoms with Crippen molar-refractivity contribution in [1.82, 2.24) is 0 Å². The molecule has 0 saturated carbocycles. The summed E-state index contributed by atoms with van der Waals surface area (Å²) < 4.78 is 25.5. The number of hydrogen-bond donors (Lipinski definition) is 2. The summed E-state index contributed by atoms with van der Waals surface area (Å²) in [5, 5.41) is 0. The molecule has 0 heterocycles. The Bertz CT molecular complexity index is 208. The molecule has 0 bridgehead atoms. The Morgan fingerprint density at radius 2 is 1.38 bits per heavy atom. The van der Waals surface area contributed by atoms with E-state index in [9.17, 15) is 9.13 Å². The van der Waals surface area contributed by atoms with Gasteiger partial charge in [-0.15, -0.1) is 0 Å². The Kier molecular flexibility index (Phi) is 8.19. The minimum atomic E-state index is -2.29. The molecular weight excluding hydrogens is 210 g/mol. The Labute approximate surface area is 80.0 Å². The summed E-state index contributed by atoms with van der Waals surface area (Å²) in [6.07, 6.45) is 0.326. The molecule has 5 nitrogen and oxygen atoms in total. The van der Waals surface area contributed by atoms with Gasteiger partial charge in [0.1, 0.15) is 6.73 Å². The highest BCUT2D eigenvalue weighted by atomic mass is 31.2. The molecule has 0 aromatic heterocycles. The molecule has 0 rings (SSSR count). The maximum Gasteiger partial charge on any atom is 0.198 e. The highest BCUT2D eigenvalue weighted by Crippen LogP contribution is 2.35. The second-order valence-corrected chi connectivity index (χ2v) is 9.58. The van der Waals surface area contributed by atoms with E-state index in [0.29, 0.717) is 6.29 Å². The lowest BCUT2D eigenvalue weighted by Gasteiger charge is -2.02. The third-order valence-corrected chi connectivity index (χ3v) is 2.48. The minimum absolute atomic E-state index is 0.0459. The molecule has 0 spiro atoms. The van der Waals surface area contributed by atoms with E-state index in [1.54, 1.807) is 13.3 Å². The molecule has 0 amide bonds. The highest BCUT2D eigenvalue weighted by Gasteiger charge is 2.02. The lowest BCUT2D eigenvalue weighted by atomic mass is 11.4. The first-order chi connectivity index (χ1) is 5.62. The monoisotopic (exact) mass is 230 g/mol. The van der Waals surface area contributed by atoms with Gasteiger partial charge in [0.05, 0.1) is 7.14 Å². The van der Waals surface area contributed by atoms with Crippen LogP contribution in [-0.2, 0) is 13.7 Å². The largest absolute Gasteiger partial charge is 0.324 e. The Morgan fingerprint density at radius 1 is 1.08 bits per heavy atom. The predicted molar refractivity (Wildman–Crippen MR) is 58.1 cm³/mol. The molecule has 0 unspecified atom stereocenters. The van der Waals surface area contributed by atoms with Crippen molar-refractivity contribution in [3.05, 3.63) is 0 Å². The van der Waals surface area contributed by atoms with Gasteiger partial charge in [-0.3, -0.25) is 4.57 Å². The van der Waals surface area contributed by atoms with E-state index < -0.39 is 14.5 Å². The van der Waals surface area contributed by atoms with Crippen LogP contribution in [0.25, 0.3) is 0 Å². The fraction of sp³-hybridized carbons (Fsp3) is 1.00. The summed E-state index contributed by atoms with van der Waals surface area (Å²) in [5.41, 5.74) is 9.96. The van der Waals surface area contributed by atoms with Gasteiger partial charge in [0.25, 0.3) is 0 Å². The summed E-state index contributed by atoms with van der Waals surface area (Å²) in [7, 11) is -4.16. The van der Waals surface area contributed by atoms with Crippen molar-refractivity contribution in [2.75, 3.05) is 39.7 Å². The van der Waals surface area contributed by atoms with Crippen molar-refractivity contribution >= 4 is 14.5 Å². The van der Waals surface area contributed by atoms with Gasteiger partial charge in [-0.25, -0.2) is 0 Å². The van der Waals surface area contributed by atoms with E-state index in [1.807, 2.05) is 0 Å². The molecule has 0 radical (unpaired) electrons. The van der Waals surface area contributed by atoms with E-state index in [0.717, 1.165) is 0 Å². The maximum absolute atomic E-state index is 10.5. The molecule has 0 aromatic rings. The summed E-state index contributed by atoms with van der Waals surface area (Å²) >= 11 is 0. The van der Waals surface area contributed by atoms with Gasteiger partial charge in [-0.05, 0) is 13.3 Å². The smallest absolute Gasteiger partial charge is 0.198 e. The van der Waals surface area contributed by atoms with Crippen LogP contribution in [-0.4, -0.2) is 39.7 Å². The van der Waals surface area contributed by atoms with Crippen molar-refractivity contribution in [2.24, 2.45) is 11.5 Å². The van der Waals surface area contributed by atoms with Crippen molar-refractivity contribution in [1.29, 1.82) is 0 Å². The molecule has 82 valence electrons. The van der Waals surface area contributed by atoms with Gasteiger partial charge in [-0.2, -0.15) is 0 Å². The van der Waals surface area contributed by atoms with Crippen LogP contribution in [0.15, 0.2) is 0 Å². The number of rotatable bonds is 3. The van der Waals surface area contributed by atoms with E-state index in [2.05, 4.69) is 4.52 Å². The fourth-order valence-electron chi connectivity index (χ4n) is 0.180. The standard InChI is InChI=1S/C3H10NO2P.C3H10NOP/c1-7(2,5)6-3-4;1-6(2,5)3-4/h3-4H2,1-2H3;3-4H2,1-2H3. The molecule has 4 N–H and O–H groups in total. The van der Waals surface area contributed by atoms with Crippen LogP contribution < -0.4 is 11.5 Å². The van der Waals surface area contributed by atoms with Gasteiger partial charge in [0.2, 0.25) is 0 Å². The molecule has 0 atom stereocenters. The van der Waals surface area contributed by atoms with Gasteiger partial charge in [-0.1, -0.05) is 0 Å². The van der Waals surface area contributed by atoms with E-state index in [-0.39, 0.29) is 6.73 Å². The minimum Gasteiger partial charge on any atom is -0.324 e. The molecule has 0 saturated heterocycles. The predicted octanol–water partition coefficient (Wildman–Crippen LogP) is 0.982. The third-order valence-electron chi connectivity index (χ3n) is 0.825. The first-order valence-corrected chi connectivity index (χ1v) is 9.06. The zero-order chi connectivity index (χ0) is 11.1. The average Bonchev–Trinajstić information content (AvgIpc) is 1.84. The fourth-order valence-corrected chi connectivity index (χ4v) is 0.539. The first kappa shape index (κ1) is 15.8.